The van der Waals surface area contributed by atoms with Crippen LogP contribution < -0.4 is 10.2 Å². The van der Waals surface area contributed by atoms with Gasteiger partial charge in [0.25, 0.3) is 0 Å². The standard InChI is InChI=1S/C14H20N4O/c1-14(2)7-10(14)13(19)17-11-8-15-9-16-12(11)18-5-3-4-6-18/h8-10H,3-7H2,1-2H3,(H,17,19)/t10-/m1/s1. The molecule has 0 radical (unpaired) electrons. The summed E-state index contributed by atoms with van der Waals surface area (Å²) in [6.45, 7) is 6.27. The van der Waals surface area contributed by atoms with Crippen LogP contribution in [-0.2, 0) is 4.79 Å². The highest BCUT2D eigenvalue weighted by Gasteiger charge is 2.50. The summed E-state index contributed by atoms with van der Waals surface area (Å²) in [7, 11) is 0. The predicted octanol–water partition coefficient (Wildman–Crippen LogP) is 2.06. The number of hydrogen-bond acceptors (Lipinski definition) is 4. The fourth-order valence-electron chi connectivity index (χ4n) is 2.73. The van der Waals surface area contributed by atoms with Crippen LogP contribution in [0.5, 0.6) is 0 Å². The highest BCUT2D eigenvalue weighted by atomic mass is 16.2. The lowest BCUT2D eigenvalue weighted by Gasteiger charge is -2.19. The maximum absolute atomic E-state index is 12.2. The number of nitrogens with one attached hydrogen (secondary N) is 1. The molecule has 0 bridgehead atoms. The van der Waals surface area contributed by atoms with Crippen LogP contribution >= 0.6 is 0 Å². The van der Waals surface area contributed by atoms with Crippen molar-refractivity contribution in [3.05, 3.63) is 12.5 Å². The highest BCUT2D eigenvalue weighted by molar-refractivity contribution is 5.97. The molecular weight excluding hydrogens is 240 g/mol. The first-order chi connectivity index (χ1) is 9.08. The Morgan fingerprint density at radius 3 is 2.74 bits per heavy atom. The molecule has 102 valence electrons. The lowest BCUT2D eigenvalue weighted by atomic mass is 10.1. The Labute approximate surface area is 113 Å². The summed E-state index contributed by atoms with van der Waals surface area (Å²) in [6.07, 6.45) is 6.59. The molecule has 5 nitrogen and oxygen atoms in total. The van der Waals surface area contributed by atoms with E-state index in [0.29, 0.717) is 0 Å². The molecule has 1 aromatic rings. The van der Waals surface area contributed by atoms with Gasteiger partial charge in [-0.1, -0.05) is 13.8 Å². The average molecular weight is 260 g/mol. The molecular formula is C14H20N4O. The van der Waals surface area contributed by atoms with Crippen molar-refractivity contribution in [2.24, 2.45) is 11.3 Å². The second kappa shape index (κ2) is 4.47. The van der Waals surface area contributed by atoms with Crippen molar-refractivity contribution in [1.82, 2.24) is 9.97 Å². The quantitative estimate of drug-likeness (QED) is 0.903. The number of anilines is 2. The number of carbonyl (C=O) groups is 1. The van der Waals surface area contributed by atoms with Crippen molar-refractivity contribution < 1.29 is 4.79 Å². The van der Waals surface area contributed by atoms with Crippen molar-refractivity contribution in [2.75, 3.05) is 23.3 Å². The third kappa shape index (κ3) is 2.41. The molecule has 0 unspecified atom stereocenters. The fraction of sp³-hybridized carbons (Fsp3) is 0.643. The van der Waals surface area contributed by atoms with E-state index in [1.807, 2.05) is 0 Å². The minimum atomic E-state index is 0.0975. The molecule has 19 heavy (non-hydrogen) atoms. The normalized spacial score (nSPS) is 24.3. The van der Waals surface area contributed by atoms with E-state index in [2.05, 4.69) is 34.0 Å². The first kappa shape index (κ1) is 12.4. The fourth-order valence-corrected chi connectivity index (χ4v) is 2.73. The Bertz CT molecular complexity index is 494. The third-order valence-electron chi connectivity index (χ3n) is 4.18. The van der Waals surface area contributed by atoms with Gasteiger partial charge in [-0.15, -0.1) is 0 Å². The Balaban J connectivity index is 1.75. The number of amides is 1. The summed E-state index contributed by atoms with van der Waals surface area (Å²) < 4.78 is 0. The molecule has 1 N–H and O–H groups in total. The van der Waals surface area contributed by atoms with E-state index in [1.165, 1.54) is 12.8 Å². The van der Waals surface area contributed by atoms with Crippen LogP contribution in [0.3, 0.4) is 0 Å². The van der Waals surface area contributed by atoms with Gasteiger partial charge in [-0.25, -0.2) is 9.97 Å². The molecule has 1 aliphatic heterocycles. The maximum Gasteiger partial charge on any atom is 0.228 e. The predicted molar refractivity (Wildman–Crippen MR) is 74.0 cm³/mol. The molecule has 1 aromatic heterocycles. The minimum Gasteiger partial charge on any atom is -0.355 e. The van der Waals surface area contributed by atoms with Gasteiger partial charge in [0.15, 0.2) is 5.82 Å². The summed E-state index contributed by atoms with van der Waals surface area (Å²) in [6, 6.07) is 0. The van der Waals surface area contributed by atoms with E-state index >= 15 is 0 Å². The Hall–Kier alpha value is -1.65. The first-order valence-electron chi connectivity index (χ1n) is 6.94. The zero-order valence-corrected chi connectivity index (χ0v) is 11.5. The summed E-state index contributed by atoms with van der Waals surface area (Å²) in [5.74, 6) is 1.08. The van der Waals surface area contributed by atoms with Crippen molar-refractivity contribution in [3.8, 4) is 0 Å². The van der Waals surface area contributed by atoms with Crippen molar-refractivity contribution in [2.45, 2.75) is 33.1 Å². The largest absolute Gasteiger partial charge is 0.355 e. The lowest BCUT2D eigenvalue weighted by Crippen LogP contribution is -2.23. The van der Waals surface area contributed by atoms with Gasteiger partial charge in [0, 0.05) is 19.0 Å². The van der Waals surface area contributed by atoms with E-state index in [1.54, 1.807) is 12.5 Å². The van der Waals surface area contributed by atoms with E-state index < -0.39 is 0 Å². The van der Waals surface area contributed by atoms with E-state index in [0.717, 1.165) is 31.0 Å². The second-order valence-corrected chi connectivity index (χ2v) is 6.19. The van der Waals surface area contributed by atoms with E-state index in [9.17, 15) is 4.79 Å². The van der Waals surface area contributed by atoms with E-state index in [-0.39, 0.29) is 17.2 Å². The second-order valence-electron chi connectivity index (χ2n) is 6.19. The van der Waals surface area contributed by atoms with Crippen molar-refractivity contribution in [1.29, 1.82) is 0 Å². The molecule has 1 saturated carbocycles. The zero-order chi connectivity index (χ0) is 13.5. The summed E-state index contributed by atoms with van der Waals surface area (Å²) in [4.78, 5) is 22.8. The Morgan fingerprint density at radius 2 is 2.11 bits per heavy atom. The van der Waals surface area contributed by atoms with Crippen molar-refractivity contribution in [3.63, 3.8) is 0 Å². The Kier molecular flexibility index (Phi) is 2.92. The minimum absolute atomic E-state index is 0.0975. The topological polar surface area (TPSA) is 58.1 Å². The van der Waals surface area contributed by atoms with Crippen molar-refractivity contribution >= 4 is 17.4 Å². The van der Waals surface area contributed by atoms with Gasteiger partial charge in [-0.05, 0) is 24.7 Å². The average Bonchev–Trinajstić information content (AvgIpc) is 2.80. The molecule has 0 spiro atoms. The van der Waals surface area contributed by atoms with Crippen LogP contribution in [0.4, 0.5) is 11.5 Å². The van der Waals surface area contributed by atoms with Crippen LogP contribution in [0, 0.1) is 11.3 Å². The van der Waals surface area contributed by atoms with Gasteiger partial charge < -0.3 is 10.2 Å². The van der Waals surface area contributed by atoms with Crippen LogP contribution in [0.15, 0.2) is 12.5 Å². The van der Waals surface area contributed by atoms with Crippen LogP contribution in [-0.4, -0.2) is 29.0 Å². The number of rotatable bonds is 3. The molecule has 3 rings (SSSR count). The van der Waals surface area contributed by atoms with Crippen LogP contribution in [0.25, 0.3) is 0 Å². The van der Waals surface area contributed by atoms with Gasteiger partial charge >= 0.3 is 0 Å². The summed E-state index contributed by atoms with van der Waals surface area (Å²) in [5, 5.41) is 3.00. The molecule has 1 aliphatic carbocycles. The van der Waals surface area contributed by atoms with Gasteiger partial charge in [-0.3, -0.25) is 4.79 Å². The molecule has 1 atom stereocenters. The zero-order valence-electron chi connectivity index (χ0n) is 11.5. The van der Waals surface area contributed by atoms with Crippen LogP contribution in [0.1, 0.15) is 33.1 Å². The number of hydrogen-bond donors (Lipinski definition) is 1. The first-order valence-corrected chi connectivity index (χ1v) is 6.94. The lowest BCUT2D eigenvalue weighted by molar-refractivity contribution is -0.118. The number of nitrogens with zero attached hydrogens (tertiary/aromatic N) is 3. The number of aromatic nitrogens is 2. The number of carbonyl (C=O) groups excluding carboxylic acids is 1. The maximum atomic E-state index is 12.2. The monoisotopic (exact) mass is 260 g/mol. The highest BCUT2D eigenvalue weighted by Crippen LogP contribution is 2.52. The molecule has 5 heteroatoms. The molecule has 2 aliphatic rings. The smallest absolute Gasteiger partial charge is 0.228 e. The molecule has 2 heterocycles. The van der Waals surface area contributed by atoms with Gasteiger partial charge in [0.1, 0.15) is 12.0 Å². The summed E-state index contributed by atoms with van der Waals surface area (Å²) >= 11 is 0. The molecule has 1 saturated heterocycles. The summed E-state index contributed by atoms with van der Waals surface area (Å²) in [5.41, 5.74) is 0.894. The molecule has 2 fully saturated rings. The third-order valence-corrected chi connectivity index (χ3v) is 4.18. The Morgan fingerprint density at radius 1 is 1.42 bits per heavy atom. The molecule has 1 amide bonds. The van der Waals surface area contributed by atoms with Gasteiger partial charge in [0.05, 0.1) is 6.20 Å². The van der Waals surface area contributed by atoms with Crippen LogP contribution in [0.2, 0.25) is 0 Å². The van der Waals surface area contributed by atoms with Gasteiger partial charge in [0.2, 0.25) is 5.91 Å². The van der Waals surface area contributed by atoms with E-state index in [4.69, 9.17) is 0 Å². The van der Waals surface area contributed by atoms with Gasteiger partial charge in [-0.2, -0.15) is 0 Å². The SMILES string of the molecule is CC1(C)C[C@@H]1C(=O)Nc1cncnc1N1CCCC1. The molecule has 0 aromatic carbocycles.